The Kier molecular flexibility index (Phi) is 6.66. The molecule has 1 aromatic rings. The third kappa shape index (κ3) is 6.64. The Balaban J connectivity index is 1.92. The minimum absolute atomic E-state index is 0.136. The zero-order valence-electron chi connectivity index (χ0n) is 15.5. The SMILES string of the molecule is CCNC(=NCc1ccon1)NC1CCCN(C(=O)OC(C)(C)C)C1. The fraction of sp³-hybridized carbons (Fsp3) is 0.706. The van der Waals surface area contributed by atoms with Crippen LogP contribution in [0.4, 0.5) is 4.79 Å². The summed E-state index contributed by atoms with van der Waals surface area (Å²) in [6.45, 7) is 10.2. The molecule has 0 saturated carbocycles. The first kappa shape index (κ1) is 19.1. The van der Waals surface area contributed by atoms with E-state index in [0.717, 1.165) is 31.6 Å². The third-order valence-electron chi connectivity index (χ3n) is 3.65. The number of amides is 1. The molecule has 0 radical (unpaired) electrons. The van der Waals surface area contributed by atoms with Crippen molar-refractivity contribution in [1.29, 1.82) is 0 Å². The van der Waals surface area contributed by atoms with Crippen LogP contribution in [0.5, 0.6) is 0 Å². The molecule has 1 aliphatic rings. The van der Waals surface area contributed by atoms with Gasteiger partial charge in [0.1, 0.15) is 17.6 Å². The molecule has 1 unspecified atom stereocenters. The predicted molar refractivity (Wildman–Crippen MR) is 95.3 cm³/mol. The van der Waals surface area contributed by atoms with Crippen LogP contribution in [-0.2, 0) is 11.3 Å². The van der Waals surface area contributed by atoms with Crippen LogP contribution >= 0.6 is 0 Å². The summed E-state index contributed by atoms with van der Waals surface area (Å²) in [5.74, 6) is 0.710. The molecule has 0 bridgehead atoms. The molecule has 8 heteroatoms. The number of guanidine groups is 1. The van der Waals surface area contributed by atoms with E-state index < -0.39 is 5.60 Å². The van der Waals surface area contributed by atoms with Crippen molar-refractivity contribution in [2.45, 2.75) is 58.7 Å². The maximum absolute atomic E-state index is 12.3. The maximum Gasteiger partial charge on any atom is 0.410 e. The molecule has 2 heterocycles. The highest BCUT2D eigenvalue weighted by molar-refractivity contribution is 5.80. The molecule has 8 nitrogen and oxygen atoms in total. The number of carbonyl (C=O) groups excluding carboxylic acids is 1. The largest absolute Gasteiger partial charge is 0.444 e. The second-order valence-corrected chi connectivity index (χ2v) is 7.10. The van der Waals surface area contributed by atoms with E-state index in [1.165, 1.54) is 6.26 Å². The van der Waals surface area contributed by atoms with Crippen LogP contribution in [0, 0.1) is 0 Å². The van der Waals surface area contributed by atoms with E-state index in [2.05, 4.69) is 20.8 Å². The highest BCUT2D eigenvalue weighted by Crippen LogP contribution is 2.15. The first-order valence-electron chi connectivity index (χ1n) is 8.79. The summed E-state index contributed by atoms with van der Waals surface area (Å²) in [5.41, 5.74) is 0.294. The van der Waals surface area contributed by atoms with E-state index >= 15 is 0 Å². The summed E-state index contributed by atoms with van der Waals surface area (Å²) >= 11 is 0. The highest BCUT2D eigenvalue weighted by Gasteiger charge is 2.28. The Morgan fingerprint density at radius 2 is 2.32 bits per heavy atom. The number of aromatic nitrogens is 1. The van der Waals surface area contributed by atoms with Crippen molar-refractivity contribution >= 4 is 12.1 Å². The number of nitrogens with zero attached hydrogens (tertiary/aromatic N) is 3. The number of hydrogen-bond donors (Lipinski definition) is 2. The van der Waals surface area contributed by atoms with Crippen molar-refractivity contribution in [3.8, 4) is 0 Å². The summed E-state index contributed by atoms with van der Waals surface area (Å²) in [6, 6.07) is 1.93. The van der Waals surface area contributed by atoms with E-state index in [0.29, 0.717) is 19.0 Å². The summed E-state index contributed by atoms with van der Waals surface area (Å²) in [6.07, 6.45) is 3.18. The number of aliphatic imine (C=N–C) groups is 1. The molecule has 0 spiro atoms. The van der Waals surface area contributed by atoms with Crippen molar-refractivity contribution in [3.63, 3.8) is 0 Å². The van der Waals surface area contributed by atoms with Gasteiger partial charge in [-0.2, -0.15) is 0 Å². The van der Waals surface area contributed by atoms with Gasteiger partial charge in [-0.05, 0) is 40.5 Å². The number of rotatable bonds is 4. The third-order valence-corrected chi connectivity index (χ3v) is 3.65. The molecule has 1 aliphatic heterocycles. The van der Waals surface area contributed by atoms with E-state index in [1.54, 1.807) is 11.0 Å². The Hall–Kier alpha value is -2.25. The number of nitrogens with one attached hydrogen (secondary N) is 2. The summed E-state index contributed by atoms with van der Waals surface area (Å²) in [5, 5.41) is 10.5. The average molecular weight is 351 g/mol. The molecule has 0 aliphatic carbocycles. The molecule has 1 amide bonds. The molecule has 1 atom stereocenters. The fourth-order valence-electron chi connectivity index (χ4n) is 2.58. The Labute approximate surface area is 149 Å². The number of ether oxygens (including phenoxy) is 1. The molecule has 1 fully saturated rings. The van der Waals surface area contributed by atoms with Gasteiger partial charge in [-0.15, -0.1) is 0 Å². The lowest BCUT2D eigenvalue weighted by Crippen LogP contribution is -2.53. The van der Waals surface area contributed by atoms with Gasteiger partial charge in [-0.1, -0.05) is 5.16 Å². The van der Waals surface area contributed by atoms with Crippen molar-refractivity contribution in [1.82, 2.24) is 20.7 Å². The second kappa shape index (κ2) is 8.73. The van der Waals surface area contributed by atoms with Gasteiger partial charge in [0.15, 0.2) is 5.96 Å². The average Bonchev–Trinajstić information content (AvgIpc) is 3.05. The lowest BCUT2D eigenvalue weighted by atomic mass is 10.1. The molecule has 0 aromatic carbocycles. The summed E-state index contributed by atoms with van der Waals surface area (Å²) in [4.78, 5) is 18.5. The highest BCUT2D eigenvalue weighted by atomic mass is 16.6. The van der Waals surface area contributed by atoms with Gasteiger partial charge in [0.05, 0.1) is 6.54 Å². The molecule has 25 heavy (non-hydrogen) atoms. The van der Waals surface area contributed by atoms with Gasteiger partial charge in [-0.3, -0.25) is 0 Å². The lowest BCUT2D eigenvalue weighted by Gasteiger charge is -2.35. The van der Waals surface area contributed by atoms with Gasteiger partial charge < -0.3 is 24.8 Å². The number of piperidine rings is 1. The van der Waals surface area contributed by atoms with Gasteiger partial charge in [-0.25, -0.2) is 9.79 Å². The molecular weight excluding hydrogens is 322 g/mol. The van der Waals surface area contributed by atoms with Crippen LogP contribution in [0.15, 0.2) is 21.8 Å². The summed E-state index contributed by atoms with van der Waals surface area (Å²) < 4.78 is 10.3. The van der Waals surface area contributed by atoms with Crippen LogP contribution in [0.2, 0.25) is 0 Å². The topological polar surface area (TPSA) is 92.0 Å². The van der Waals surface area contributed by atoms with E-state index in [4.69, 9.17) is 9.26 Å². The van der Waals surface area contributed by atoms with E-state index in [9.17, 15) is 4.79 Å². The normalized spacial score (nSPS) is 18.8. The molecule has 140 valence electrons. The zero-order valence-corrected chi connectivity index (χ0v) is 15.5. The minimum atomic E-state index is -0.481. The van der Waals surface area contributed by atoms with Crippen LogP contribution in [-0.4, -0.2) is 53.4 Å². The molecule has 1 saturated heterocycles. The quantitative estimate of drug-likeness (QED) is 0.638. The minimum Gasteiger partial charge on any atom is -0.444 e. The van der Waals surface area contributed by atoms with Gasteiger partial charge in [0, 0.05) is 31.7 Å². The van der Waals surface area contributed by atoms with Gasteiger partial charge in [0.2, 0.25) is 0 Å². The lowest BCUT2D eigenvalue weighted by molar-refractivity contribution is 0.0193. The Bertz CT molecular complexity index is 565. The standard InChI is InChI=1S/C17H29N5O3/c1-5-18-15(19-11-13-8-10-24-21-13)20-14-7-6-9-22(12-14)16(23)25-17(2,3)4/h8,10,14H,5-7,9,11-12H2,1-4H3,(H2,18,19,20). The van der Waals surface area contributed by atoms with Crippen LogP contribution in [0.3, 0.4) is 0 Å². The van der Waals surface area contributed by atoms with Crippen LogP contribution in [0.1, 0.15) is 46.2 Å². The summed E-state index contributed by atoms with van der Waals surface area (Å²) in [7, 11) is 0. The van der Waals surface area contributed by atoms with Crippen LogP contribution < -0.4 is 10.6 Å². The Morgan fingerprint density at radius 3 is 2.96 bits per heavy atom. The molecular formula is C17H29N5O3. The van der Waals surface area contributed by atoms with Crippen molar-refractivity contribution in [2.75, 3.05) is 19.6 Å². The second-order valence-electron chi connectivity index (χ2n) is 7.10. The van der Waals surface area contributed by atoms with E-state index in [1.807, 2.05) is 27.7 Å². The maximum atomic E-state index is 12.3. The monoisotopic (exact) mass is 351 g/mol. The molecule has 2 rings (SSSR count). The molecule has 2 N–H and O–H groups in total. The first-order valence-corrected chi connectivity index (χ1v) is 8.79. The number of likely N-dealkylation sites (tertiary alicyclic amines) is 1. The first-order chi connectivity index (χ1) is 11.9. The van der Waals surface area contributed by atoms with E-state index in [-0.39, 0.29) is 12.1 Å². The van der Waals surface area contributed by atoms with Crippen molar-refractivity contribution in [3.05, 3.63) is 18.0 Å². The predicted octanol–water partition coefficient (Wildman–Crippen LogP) is 2.13. The van der Waals surface area contributed by atoms with Crippen molar-refractivity contribution in [2.24, 2.45) is 4.99 Å². The number of hydrogen-bond acceptors (Lipinski definition) is 5. The van der Waals surface area contributed by atoms with Crippen molar-refractivity contribution < 1.29 is 14.1 Å². The zero-order chi connectivity index (χ0) is 18.3. The Morgan fingerprint density at radius 1 is 1.52 bits per heavy atom. The number of carbonyl (C=O) groups is 1. The van der Waals surface area contributed by atoms with Crippen LogP contribution in [0.25, 0.3) is 0 Å². The van der Waals surface area contributed by atoms with Gasteiger partial charge in [0.25, 0.3) is 0 Å². The smallest absolute Gasteiger partial charge is 0.410 e. The van der Waals surface area contributed by atoms with Gasteiger partial charge >= 0.3 is 6.09 Å². The fourth-order valence-corrected chi connectivity index (χ4v) is 2.58. The molecule has 1 aromatic heterocycles.